The summed E-state index contributed by atoms with van der Waals surface area (Å²) in [7, 11) is 0. The molecule has 1 heterocycles. The lowest BCUT2D eigenvalue weighted by Gasteiger charge is -2.05. The van der Waals surface area contributed by atoms with Gasteiger partial charge in [-0.3, -0.25) is 9.78 Å². The minimum absolute atomic E-state index is 0.100. The van der Waals surface area contributed by atoms with Gasteiger partial charge in [0.05, 0.1) is 11.8 Å². The normalized spacial score (nSPS) is 10.4. The van der Waals surface area contributed by atoms with Crippen molar-refractivity contribution in [3.05, 3.63) is 64.7 Å². The van der Waals surface area contributed by atoms with Crippen molar-refractivity contribution in [1.29, 1.82) is 0 Å². The summed E-state index contributed by atoms with van der Waals surface area (Å²) in [6.07, 6.45) is 2.70. The van der Waals surface area contributed by atoms with E-state index in [1.165, 1.54) is 17.8 Å². The van der Waals surface area contributed by atoms with Crippen LogP contribution in [0.2, 0.25) is 0 Å². The van der Waals surface area contributed by atoms with Crippen LogP contribution in [0.5, 0.6) is 0 Å². The van der Waals surface area contributed by atoms with Gasteiger partial charge in [0, 0.05) is 12.6 Å². The van der Waals surface area contributed by atoms with Crippen LogP contribution in [0, 0.1) is 19.7 Å². The van der Waals surface area contributed by atoms with Gasteiger partial charge >= 0.3 is 0 Å². The Bertz CT molecular complexity index is 593. The third-order valence-electron chi connectivity index (χ3n) is 3.01. The van der Waals surface area contributed by atoms with Crippen molar-refractivity contribution >= 4 is 5.78 Å². The lowest BCUT2D eigenvalue weighted by Crippen LogP contribution is -2.06. The second kappa shape index (κ2) is 5.08. The number of pyridine rings is 1. The molecule has 0 aliphatic rings. The van der Waals surface area contributed by atoms with E-state index in [0.717, 1.165) is 17.3 Å². The molecule has 1 aromatic heterocycles. The molecule has 0 N–H and O–H groups in total. The van der Waals surface area contributed by atoms with Gasteiger partial charge in [-0.1, -0.05) is 18.2 Å². The molecule has 92 valence electrons. The zero-order chi connectivity index (χ0) is 13.1. The van der Waals surface area contributed by atoms with Crippen molar-refractivity contribution < 1.29 is 9.18 Å². The average Bonchev–Trinajstić information content (AvgIpc) is 2.34. The van der Waals surface area contributed by atoms with E-state index >= 15 is 0 Å². The number of hydrogen-bond acceptors (Lipinski definition) is 2. The predicted molar refractivity (Wildman–Crippen MR) is 68.1 cm³/mol. The summed E-state index contributed by atoms with van der Waals surface area (Å²) < 4.78 is 13.4. The summed E-state index contributed by atoms with van der Waals surface area (Å²) in [6.45, 7) is 4.01. The summed E-state index contributed by atoms with van der Waals surface area (Å²) in [5.74, 6) is -0.788. The summed E-state index contributed by atoms with van der Waals surface area (Å²) in [5.41, 5.74) is 3.32. The first-order chi connectivity index (χ1) is 8.58. The van der Waals surface area contributed by atoms with Gasteiger partial charge in [0.15, 0.2) is 11.6 Å². The highest BCUT2D eigenvalue weighted by Gasteiger charge is 2.12. The van der Waals surface area contributed by atoms with E-state index in [0.29, 0.717) is 0 Å². The van der Waals surface area contributed by atoms with Crippen molar-refractivity contribution in [2.75, 3.05) is 0 Å². The third kappa shape index (κ3) is 2.62. The maximum atomic E-state index is 13.4. The highest BCUT2D eigenvalue weighted by atomic mass is 19.1. The number of carbonyl (C=O) groups excluding carboxylic acids is 1. The lowest BCUT2D eigenvalue weighted by atomic mass is 10.00. The number of ketones is 1. The zero-order valence-electron chi connectivity index (χ0n) is 10.4. The molecule has 0 unspecified atom stereocenters. The Kier molecular flexibility index (Phi) is 3.51. The van der Waals surface area contributed by atoms with Gasteiger partial charge in [-0.25, -0.2) is 4.39 Å². The molecule has 3 heteroatoms. The van der Waals surface area contributed by atoms with Crippen molar-refractivity contribution in [3.63, 3.8) is 0 Å². The molecule has 2 rings (SSSR count). The van der Waals surface area contributed by atoms with Crippen LogP contribution in [0.15, 0.2) is 36.7 Å². The van der Waals surface area contributed by atoms with Crippen LogP contribution in [0.25, 0.3) is 0 Å². The molecular weight excluding hydrogens is 229 g/mol. The van der Waals surface area contributed by atoms with Crippen molar-refractivity contribution in [3.8, 4) is 0 Å². The number of nitrogens with zero attached hydrogens (tertiary/aromatic N) is 1. The molecule has 0 spiro atoms. The van der Waals surface area contributed by atoms with Gasteiger partial charge in [0.1, 0.15) is 0 Å². The smallest absolute Gasteiger partial charge is 0.170 e. The Morgan fingerprint density at radius 2 is 2.00 bits per heavy atom. The second-order valence-electron chi connectivity index (χ2n) is 4.37. The molecule has 0 bridgehead atoms. The zero-order valence-corrected chi connectivity index (χ0v) is 10.4. The number of hydrogen-bond donors (Lipinski definition) is 0. The Morgan fingerprint density at radius 3 is 2.67 bits per heavy atom. The number of rotatable bonds is 3. The Labute approximate surface area is 105 Å². The number of aromatic nitrogens is 1. The SMILES string of the molecule is Cc1ccc(CC(=O)c2ccncc2F)cc1C. The van der Waals surface area contributed by atoms with Crippen molar-refractivity contribution in [2.45, 2.75) is 20.3 Å². The van der Waals surface area contributed by atoms with E-state index in [1.807, 2.05) is 32.0 Å². The molecule has 18 heavy (non-hydrogen) atoms. The van der Waals surface area contributed by atoms with Gasteiger partial charge in [-0.15, -0.1) is 0 Å². The Hall–Kier alpha value is -2.03. The largest absolute Gasteiger partial charge is 0.294 e. The highest BCUT2D eigenvalue weighted by Crippen LogP contribution is 2.14. The van der Waals surface area contributed by atoms with Crippen LogP contribution in [-0.2, 0) is 6.42 Å². The average molecular weight is 243 g/mol. The number of benzene rings is 1. The van der Waals surface area contributed by atoms with Gasteiger partial charge in [0.25, 0.3) is 0 Å². The first-order valence-corrected chi connectivity index (χ1v) is 5.77. The predicted octanol–water partition coefficient (Wildman–Crippen LogP) is 3.26. The molecule has 2 aromatic rings. The molecule has 0 atom stereocenters. The van der Waals surface area contributed by atoms with Gasteiger partial charge in [-0.2, -0.15) is 0 Å². The monoisotopic (exact) mass is 243 g/mol. The first kappa shape index (κ1) is 12.4. The molecule has 2 nitrogen and oxygen atoms in total. The van der Waals surface area contributed by atoms with Gasteiger partial charge in [0.2, 0.25) is 0 Å². The molecular formula is C15H14FNO. The number of halogens is 1. The summed E-state index contributed by atoms with van der Waals surface area (Å²) in [6, 6.07) is 7.26. The maximum Gasteiger partial charge on any atom is 0.170 e. The minimum Gasteiger partial charge on any atom is -0.294 e. The van der Waals surface area contributed by atoms with E-state index in [1.54, 1.807) is 0 Å². The second-order valence-corrected chi connectivity index (χ2v) is 4.37. The van der Waals surface area contributed by atoms with E-state index in [2.05, 4.69) is 4.98 Å². The highest BCUT2D eigenvalue weighted by molar-refractivity contribution is 5.97. The van der Waals surface area contributed by atoms with Crippen LogP contribution in [0.3, 0.4) is 0 Å². The fourth-order valence-electron chi connectivity index (χ4n) is 1.80. The van der Waals surface area contributed by atoms with Crippen LogP contribution in [0.4, 0.5) is 4.39 Å². The molecule has 0 saturated carbocycles. The summed E-state index contributed by atoms with van der Waals surface area (Å²) in [4.78, 5) is 15.6. The van der Waals surface area contributed by atoms with E-state index in [4.69, 9.17) is 0 Å². The Balaban J connectivity index is 2.22. The third-order valence-corrected chi connectivity index (χ3v) is 3.01. The van der Waals surface area contributed by atoms with E-state index < -0.39 is 5.82 Å². The van der Waals surface area contributed by atoms with Crippen LogP contribution >= 0.6 is 0 Å². The molecule has 0 aliphatic carbocycles. The maximum absolute atomic E-state index is 13.4. The molecule has 0 aliphatic heterocycles. The van der Waals surface area contributed by atoms with E-state index in [9.17, 15) is 9.18 Å². The van der Waals surface area contributed by atoms with Gasteiger partial charge in [-0.05, 0) is 36.6 Å². The lowest BCUT2D eigenvalue weighted by molar-refractivity contribution is 0.0989. The summed E-state index contributed by atoms with van der Waals surface area (Å²) >= 11 is 0. The van der Waals surface area contributed by atoms with Crippen molar-refractivity contribution in [1.82, 2.24) is 4.98 Å². The fraction of sp³-hybridized carbons (Fsp3) is 0.200. The number of Topliss-reactive ketones (excluding diaryl/α,β-unsaturated/α-hetero) is 1. The fourth-order valence-corrected chi connectivity index (χ4v) is 1.80. The Morgan fingerprint density at radius 1 is 1.22 bits per heavy atom. The van der Waals surface area contributed by atoms with Crippen LogP contribution in [-0.4, -0.2) is 10.8 Å². The van der Waals surface area contributed by atoms with Crippen molar-refractivity contribution in [2.24, 2.45) is 0 Å². The standard InChI is InChI=1S/C15H14FNO/c1-10-3-4-12(7-11(10)2)8-15(18)13-5-6-17-9-14(13)16/h3-7,9H,8H2,1-2H3. The van der Waals surface area contributed by atoms with Gasteiger partial charge < -0.3 is 0 Å². The molecule has 0 fully saturated rings. The van der Waals surface area contributed by atoms with E-state index in [-0.39, 0.29) is 17.8 Å². The molecule has 0 amide bonds. The summed E-state index contributed by atoms with van der Waals surface area (Å²) in [5, 5.41) is 0. The molecule has 0 saturated heterocycles. The van der Waals surface area contributed by atoms with Crippen LogP contribution < -0.4 is 0 Å². The number of aryl methyl sites for hydroxylation is 2. The van der Waals surface area contributed by atoms with Crippen LogP contribution in [0.1, 0.15) is 27.0 Å². The quantitative estimate of drug-likeness (QED) is 0.774. The number of carbonyl (C=O) groups is 1. The topological polar surface area (TPSA) is 30.0 Å². The molecule has 1 aromatic carbocycles. The first-order valence-electron chi connectivity index (χ1n) is 5.77. The minimum atomic E-state index is -0.564. The molecule has 0 radical (unpaired) electrons.